The molecular formula is C8H8BrNS2. The number of thiophene rings is 1. The Labute approximate surface area is 88.2 Å². The van der Waals surface area contributed by atoms with Crippen molar-refractivity contribution < 1.29 is 0 Å². The SMILES string of the molecule is Cc1csc(Br)c1.c1cscn1. The molecule has 64 valence electrons. The van der Waals surface area contributed by atoms with E-state index in [1.54, 1.807) is 34.4 Å². The van der Waals surface area contributed by atoms with Gasteiger partial charge in [-0.05, 0) is 39.9 Å². The van der Waals surface area contributed by atoms with Crippen molar-refractivity contribution in [3.63, 3.8) is 0 Å². The van der Waals surface area contributed by atoms with Crippen LogP contribution in [0.4, 0.5) is 0 Å². The molecule has 0 aliphatic heterocycles. The van der Waals surface area contributed by atoms with Crippen LogP contribution in [0.5, 0.6) is 0 Å². The molecule has 2 aromatic rings. The van der Waals surface area contributed by atoms with Gasteiger partial charge in [0.05, 0.1) is 9.30 Å². The first kappa shape index (κ1) is 9.89. The fourth-order valence-electron chi connectivity index (χ4n) is 0.572. The van der Waals surface area contributed by atoms with Gasteiger partial charge < -0.3 is 0 Å². The van der Waals surface area contributed by atoms with Crippen LogP contribution >= 0.6 is 38.6 Å². The van der Waals surface area contributed by atoms with Crippen molar-refractivity contribution in [3.05, 3.63) is 37.9 Å². The first-order chi connectivity index (χ1) is 5.79. The van der Waals surface area contributed by atoms with Gasteiger partial charge in [0, 0.05) is 11.6 Å². The summed E-state index contributed by atoms with van der Waals surface area (Å²) in [4.78, 5) is 3.74. The third-order valence-corrected chi connectivity index (χ3v) is 3.19. The second-order valence-electron chi connectivity index (χ2n) is 2.10. The van der Waals surface area contributed by atoms with E-state index in [0.717, 1.165) is 0 Å². The van der Waals surface area contributed by atoms with Gasteiger partial charge in [-0.3, -0.25) is 4.98 Å². The van der Waals surface area contributed by atoms with Gasteiger partial charge in [0.1, 0.15) is 0 Å². The Hall–Kier alpha value is -0.190. The summed E-state index contributed by atoms with van der Waals surface area (Å²) in [6, 6.07) is 2.10. The van der Waals surface area contributed by atoms with Crippen LogP contribution in [-0.4, -0.2) is 4.98 Å². The molecule has 2 heterocycles. The van der Waals surface area contributed by atoms with Crippen LogP contribution in [0.15, 0.2) is 32.3 Å². The van der Waals surface area contributed by atoms with Gasteiger partial charge in [-0.25, -0.2) is 0 Å². The highest BCUT2D eigenvalue weighted by Gasteiger charge is 1.86. The first-order valence-electron chi connectivity index (χ1n) is 3.32. The molecule has 2 aromatic heterocycles. The molecule has 1 nitrogen and oxygen atoms in total. The second kappa shape index (κ2) is 5.45. The minimum Gasteiger partial charge on any atom is -0.253 e. The van der Waals surface area contributed by atoms with E-state index in [2.05, 4.69) is 39.3 Å². The summed E-state index contributed by atoms with van der Waals surface area (Å²) in [5.41, 5.74) is 3.12. The number of thiazole rings is 1. The number of aromatic nitrogens is 1. The molecule has 0 aliphatic rings. The van der Waals surface area contributed by atoms with Crippen LogP contribution in [0.25, 0.3) is 0 Å². The summed E-state index contributed by atoms with van der Waals surface area (Å²) in [5, 5.41) is 4.05. The minimum atomic E-state index is 1.21. The minimum absolute atomic E-state index is 1.21. The van der Waals surface area contributed by atoms with Crippen molar-refractivity contribution in [3.8, 4) is 0 Å². The Balaban J connectivity index is 0.000000127. The van der Waals surface area contributed by atoms with E-state index in [1.807, 2.05) is 5.38 Å². The van der Waals surface area contributed by atoms with Crippen LogP contribution in [0.1, 0.15) is 5.56 Å². The number of aryl methyl sites for hydroxylation is 1. The number of hydrogen-bond donors (Lipinski definition) is 0. The van der Waals surface area contributed by atoms with E-state index in [1.165, 1.54) is 9.35 Å². The standard InChI is InChI=1S/C5H5BrS.C3H3NS/c1-4-2-5(6)7-3-4;1-2-5-3-4-1/h2-3H,1H3;1-3H. The van der Waals surface area contributed by atoms with Crippen molar-refractivity contribution in [2.45, 2.75) is 6.92 Å². The van der Waals surface area contributed by atoms with Crippen molar-refractivity contribution in [2.24, 2.45) is 0 Å². The van der Waals surface area contributed by atoms with E-state index in [4.69, 9.17) is 0 Å². The van der Waals surface area contributed by atoms with E-state index in [-0.39, 0.29) is 0 Å². The monoisotopic (exact) mass is 261 g/mol. The first-order valence-corrected chi connectivity index (χ1v) is 5.93. The van der Waals surface area contributed by atoms with E-state index in [9.17, 15) is 0 Å². The summed E-state index contributed by atoms with van der Waals surface area (Å²) in [7, 11) is 0. The predicted octanol–water partition coefficient (Wildman–Crippen LogP) is 3.96. The Morgan fingerprint density at radius 3 is 2.50 bits per heavy atom. The molecule has 0 N–H and O–H groups in total. The molecule has 0 saturated carbocycles. The number of hydrogen-bond acceptors (Lipinski definition) is 3. The fourth-order valence-corrected chi connectivity index (χ4v) is 2.19. The van der Waals surface area contributed by atoms with Crippen LogP contribution in [0.3, 0.4) is 0 Å². The molecule has 0 atom stereocenters. The summed E-state index contributed by atoms with van der Waals surface area (Å²) in [6.07, 6.45) is 1.77. The largest absolute Gasteiger partial charge is 0.253 e. The lowest BCUT2D eigenvalue weighted by Gasteiger charge is -1.68. The molecule has 2 rings (SSSR count). The van der Waals surface area contributed by atoms with Gasteiger partial charge in [-0.15, -0.1) is 22.7 Å². The highest BCUT2D eigenvalue weighted by molar-refractivity contribution is 9.11. The quantitative estimate of drug-likeness (QED) is 0.700. The van der Waals surface area contributed by atoms with Gasteiger partial charge in [0.25, 0.3) is 0 Å². The molecule has 0 unspecified atom stereocenters. The van der Waals surface area contributed by atoms with Crippen molar-refractivity contribution in [1.29, 1.82) is 0 Å². The molecule has 4 heteroatoms. The molecule has 0 bridgehead atoms. The van der Waals surface area contributed by atoms with Crippen LogP contribution in [0, 0.1) is 6.92 Å². The lowest BCUT2D eigenvalue weighted by atomic mass is 10.4. The Bertz CT molecular complexity index is 269. The van der Waals surface area contributed by atoms with Crippen LogP contribution in [-0.2, 0) is 0 Å². The van der Waals surface area contributed by atoms with Gasteiger partial charge >= 0.3 is 0 Å². The predicted molar refractivity (Wildman–Crippen MR) is 58.9 cm³/mol. The maximum absolute atomic E-state index is 3.74. The number of halogens is 1. The third kappa shape index (κ3) is 3.99. The maximum Gasteiger partial charge on any atom is 0.0791 e. The van der Waals surface area contributed by atoms with Gasteiger partial charge in [-0.1, -0.05) is 0 Å². The fraction of sp³-hybridized carbons (Fsp3) is 0.125. The maximum atomic E-state index is 3.74. The Kier molecular flexibility index (Phi) is 4.50. The van der Waals surface area contributed by atoms with Crippen molar-refractivity contribution in [2.75, 3.05) is 0 Å². The normalized spacial score (nSPS) is 8.83. The topological polar surface area (TPSA) is 12.9 Å². The highest BCUT2D eigenvalue weighted by atomic mass is 79.9. The average Bonchev–Trinajstić information content (AvgIpc) is 2.63. The lowest BCUT2D eigenvalue weighted by Crippen LogP contribution is -1.49. The molecule has 0 aromatic carbocycles. The van der Waals surface area contributed by atoms with E-state index < -0.39 is 0 Å². The average molecular weight is 262 g/mol. The zero-order chi connectivity index (χ0) is 8.81. The molecular weight excluding hydrogens is 254 g/mol. The number of rotatable bonds is 0. The summed E-state index contributed by atoms with van der Waals surface area (Å²) in [6.45, 7) is 2.08. The third-order valence-electron chi connectivity index (χ3n) is 1.05. The van der Waals surface area contributed by atoms with E-state index in [0.29, 0.717) is 0 Å². The van der Waals surface area contributed by atoms with Gasteiger partial charge in [0.15, 0.2) is 0 Å². The Morgan fingerprint density at radius 1 is 1.50 bits per heavy atom. The lowest BCUT2D eigenvalue weighted by molar-refractivity contribution is 1.43. The van der Waals surface area contributed by atoms with Crippen LogP contribution < -0.4 is 0 Å². The zero-order valence-corrected chi connectivity index (χ0v) is 9.75. The van der Waals surface area contributed by atoms with Gasteiger partial charge in [0.2, 0.25) is 0 Å². The highest BCUT2D eigenvalue weighted by Crippen LogP contribution is 2.19. The smallest absolute Gasteiger partial charge is 0.0791 e. The molecule has 0 aliphatic carbocycles. The zero-order valence-electron chi connectivity index (χ0n) is 6.53. The van der Waals surface area contributed by atoms with Crippen molar-refractivity contribution in [1.82, 2.24) is 4.98 Å². The van der Waals surface area contributed by atoms with Crippen molar-refractivity contribution >= 4 is 38.6 Å². The summed E-state index contributed by atoms with van der Waals surface area (Å²) in [5.74, 6) is 0. The second-order valence-corrected chi connectivity index (χ2v) is 5.15. The molecule has 0 fully saturated rings. The van der Waals surface area contributed by atoms with Crippen LogP contribution in [0.2, 0.25) is 0 Å². The van der Waals surface area contributed by atoms with Gasteiger partial charge in [-0.2, -0.15) is 0 Å². The molecule has 0 amide bonds. The molecule has 0 saturated heterocycles. The molecule has 12 heavy (non-hydrogen) atoms. The number of nitrogens with zero attached hydrogens (tertiary/aromatic N) is 1. The molecule has 0 radical (unpaired) electrons. The van der Waals surface area contributed by atoms with E-state index >= 15 is 0 Å². The molecule has 0 spiro atoms. The summed E-state index contributed by atoms with van der Waals surface area (Å²) < 4.78 is 1.21. The summed E-state index contributed by atoms with van der Waals surface area (Å²) >= 11 is 6.67. The Morgan fingerprint density at radius 2 is 2.33 bits per heavy atom.